The van der Waals surface area contributed by atoms with Crippen LogP contribution >= 0.6 is 0 Å². The maximum atomic E-state index is 13.6. The number of pyridine rings is 1. The molecule has 0 aliphatic carbocycles. The maximum absolute atomic E-state index is 13.6. The lowest BCUT2D eigenvalue weighted by molar-refractivity contribution is -0.120. The Balaban J connectivity index is 1.86. The molecule has 1 saturated heterocycles. The normalized spacial score (nSPS) is 16.3. The molecule has 194 valence electrons. The Labute approximate surface area is 210 Å². The van der Waals surface area contributed by atoms with E-state index in [4.69, 9.17) is 4.74 Å². The molecule has 2 heterocycles. The Bertz CT molecular complexity index is 1130. The van der Waals surface area contributed by atoms with Crippen LogP contribution in [0.1, 0.15) is 12.0 Å². The fourth-order valence-corrected chi connectivity index (χ4v) is 4.37. The Morgan fingerprint density at radius 1 is 1.33 bits per heavy atom. The summed E-state index contributed by atoms with van der Waals surface area (Å²) in [6.45, 7) is 9.66. The van der Waals surface area contributed by atoms with Gasteiger partial charge in [-0.2, -0.15) is 0 Å². The van der Waals surface area contributed by atoms with E-state index in [1.165, 1.54) is 6.07 Å². The number of benzene rings is 1. The molecule has 0 bridgehead atoms. The smallest absolute Gasteiger partial charge is 0.248 e. The van der Waals surface area contributed by atoms with Crippen LogP contribution in [-0.2, 0) is 14.3 Å². The van der Waals surface area contributed by atoms with Gasteiger partial charge in [0.25, 0.3) is 0 Å². The predicted molar refractivity (Wildman–Crippen MR) is 141 cm³/mol. The van der Waals surface area contributed by atoms with Gasteiger partial charge >= 0.3 is 0 Å². The number of amides is 1. The van der Waals surface area contributed by atoms with Gasteiger partial charge in [-0.15, -0.1) is 0 Å². The van der Waals surface area contributed by atoms with Gasteiger partial charge in [0.15, 0.2) is 0 Å². The number of hydrogen-bond donors (Lipinski definition) is 3. The number of carbonyl (C=O) groups is 2. The maximum Gasteiger partial charge on any atom is 0.248 e. The summed E-state index contributed by atoms with van der Waals surface area (Å²) in [7, 11) is 0. The van der Waals surface area contributed by atoms with Crippen molar-refractivity contribution in [1.29, 1.82) is 0 Å². The van der Waals surface area contributed by atoms with E-state index in [1.54, 1.807) is 17.0 Å². The van der Waals surface area contributed by atoms with Gasteiger partial charge in [0, 0.05) is 61.8 Å². The number of anilines is 1. The van der Waals surface area contributed by atoms with Gasteiger partial charge in [-0.1, -0.05) is 12.2 Å². The molecule has 2 unspecified atom stereocenters. The number of aliphatic hydroxyl groups is 1. The molecule has 1 aliphatic heterocycles. The Kier molecular flexibility index (Phi) is 10.5. The number of aromatic amines is 1. The van der Waals surface area contributed by atoms with Crippen molar-refractivity contribution in [2.75, 3.05) is 57.9 Å². The van der Waals surface area contributed by atoms with Gasteiger partial charge < -0.3 is 24.9 Å². The van der Waals surface area contributed by atoms with Crippen molar-refractivity contribution in [2.24, 2.45) is 10.9 Å². The molecular weight excluding hydrogens is 462 g/mol. The summed E-state index contributed by atoms with van der Waals surface area (Å²) < 4.78 is 5.40. The zero-order chi connectivity index (χ0) is 25.9. The molecule has 1 aliphatic rings. The summed E-state index contributed by atoms with van der Waals surface area (Å²) in [5.41, 5.74) is 1.90. The number of H-pyrrole nitrogens is 1. The van der Waals surface area contributed by atoms with Crippen LogP contribution in [0, 0.1) is 12.8 Å². The number of aliphatic hydroxyl groups excluding tert-OH is 1. The molecule has 2 atom stereocenters. The van der Waals surface area contributed by atoms with Crippen LogP contribution in [0.4, 0.5) is 5.69 Å². The number of rotatable bonds is 13. The lowest BCUT2D eigenvalue weighted by Gasteiger charge is -2.32. The third kappa shape index (κ3) is 7.41. The third-order valence-corrected chi connectivity index (χ3v) is 6.23. The van der Waals surface area contributed by atoms with Gasteiger partial charge in [-0.25, -0.2) is 0 Å². The molecule has 3 N–H and O–H groups in total. The van der Waals surface area contributed by atoms with E-state index in [-0.39, 0.29) is 31.0 Å². The minimum atomic E-state index is -0.714. The number of aldehydes is 1. The zero-order valence-electron chi connectivity index (χ0n) is 20.7. The van der Waals surface area contributed by atoms with Gasteiger partial charge in [-0.3, -0.25) is 24.4 Å². The first-order valence-electron chi connectivity index (χ1n) is 12.1. The van der Waals surface area contributed by atoms with E-state index in [1.807, 2.05) is 25.1 Å². The van der Waals surface area contributed by atoms with Crippen LogP contribution in [0.2, 0.25) is 0 Å². The number of morpholine rings is 1. The van der Waals surface area contributed by atoms with E-state index in [0.717, 1.165) is 30.3 Å². The Hall–Kier alpha value is -3.18. The number of aliphatic imine (C=N–C) groups is 1. The first kappa shape index (κ1) is 27.4. The second kappa shape index (κ2) is 13.8. The van der Waals surface area contributed by atoms with Crippen molar-refractivity contribution in [1.82, 2.24) is 14.8 Å². The minimum Gasteiger partial charge on any atom is -0.395 e. The molecule has 0 spiro atoms. The molecule has 10 nitrogen and oxygen atoms in total. The molecule has 10 heteroatoms. The highest BCUT2D eigenvalue weighted by Gasteiger charge is 2.30. The number of ether oxygens (including phenoxy) is 1. The minimum absolute atomic E-state index is 0.140. The molecule has 3 rings (SSSR count). The summed E-state index contributed by atoms with van der Waals surface area (Å²) in [5.74, 6) is -1.00. The van der Waals surface area contributed by atoms with Gasteiger partial charge in [0.2, 0.25) is 11.5 Å². The first-order valence-corrected chi connectivity index (χ1v) is 12.1. The van der Waals surface area contributed by atoms with Crippen LogP contribution in [0.25, 0.3) is 10.9 Å². The largest absolute Gasteiger partial charge is 0.395 e. The summed E-state index contributed by atoms with van der Waals surface area (Å²) in [6, 6.07) is 6.83. The van der Waals surface area contributed by atoms with Crippen molar-refractivity contribution in [3.8, 4) is 0 Å². The number of aryl methyl sites for hydroxylation is 1. The molecule has 1 amide bonds. The monoisotopic (exact) mass is 497 g/mol. The SMILES string of the molecule is C=NC(C(/C=C/CN1CCOCC1)C(=O)Nc1ccc2[nH]c(=O)cc(C)c2c1)N(CCO)CCC=O. The van der Waals surface area contributed by atoms with Crippen molar-refractivity contribution < 1.29 is 19.4 Å². The van der Waals surface area contributed by atoms with Gasteiger partial charge in [-0.05, 0) is 37.4 Å². The molecule has 2 aromatic rings. The van der Waals surface area contributed by atoms with Crippen LogP contribution in [0.15, 0.2) is 46.2 Å². The quantitative estimate of drug-likeness (QED) is 0.216. The lowest BCUT2D eigenvalue weighted by Crippen LogP contribution is -2.45. The second-order valence-electron chi connectivity index (χ2n) is 8.74. The van der Waals surface area contributed by atoms with Crippen molar-refractivity contribution >= 4 is 35.5 Å². The topological polar surface area (TPSA) is 127 Å². The number of fused-ring (bicyclic) bond motifs is 1. The predicted octanol–water partition coefficient (Wildman–Crippen LogP) is 1.19. The van der Waals surface area contributed by atoms with E-state index in [0.29, 0.717) is 37.5 Å². The van der Waals surface area contributed by atoms with Crippen LogP contribution in [-0.4, -0.2) is 97.5 Å². The zero-order valence-corrected chi connectivity index (χ0v) is 20.7. The number of hydrogen-bond acceptors (Lipinski definition) is 8. The number of carbonyl (C=O) groups excluding carboxylic acids is 2. The van der Waals surface area contributed by atoms with Crippen molar-refractivity contribution in [2.45, 2.75) is 19.5 Å². The Morgan fingerprint density at radius 2 is 2.11 bits per heavy atom. The average molecular weight is 498 g/mol. The van der Waals surface area contributed by atoms with Crippen LogP contribution in [0.3, 0.4) is 0 Å². The molecule has 0 saturated carbocycles. The highest BCUT2D eigenvalue weighted by Crippen LogP contribution is 2.22. The molecular formula is C26H35N5O5. The van der Waals surface area contributed by atoms with E-state index < -0.39 is 12.1 Å². The highest BCUT2D eigenvalue weighted by atomic mass is 16.5. The summed E-state index contributed by atoms with van der Waals surface area (Å²) in [4.78, 5) is 47.4. The van der Waals surface area contributed by atoms with Crippen molar-refractivity contribution in [3.63, 3.8) is 0 Å². The number of aromatic nitrogens is 1. The second-order valence-corrected chi connectivity index (χ2v) is 8.74. The van der Waals surface area contributed by atoms with Crippen LogP contribution in [0.5, 0.6) is 0 Å². The lowest BCUT2D eigenvalue weighted by atomic mass is 10.0. The molecule has 36 heavy (non-hydrogen) atoms. The van der Waals surface area contributed by atoms with E-state index in [2.05, 4.69) is 26.9 Å². The van der Waals surface area contributed by atoms with E-state index >= 15 is 0 Å². The number of nitrogens with one attached hydrogen (secondary N) is 2. The molecule has 0 radical (unpaired) electrons. The van der Waals surface area contributed by atoms with Gasteiger partial charge in [0.1, 0.15) is 12.5 Å². The number of nitrogens with zero attached hydrogens (tertiary/aromatic N) is 3. The molecule has 1 aromatic carbocycles. The average Bonchev–Trinajstić information content (AvgIpc) is 2.87. The molecule has 1 fully saturated rings. The molecule has 1 aromatic heterocycles. The first-order chi connectivity index (χ1) is 17.5. The van der Waals surface area contributed by atoms with E-state index in [9.17, 15) is 19.5 Å². The summed E-state index contributed by atoms with van der Waals surface area (Å²) >= 11 is 0. The summed E-state index contributed by atoms with van der Waals surface area (Å²) in [6.07, 6.45) is 4.14. The van der Waals surface area contributed by atoms with Crippen molar-refractivity contribution in [3.05, 3.63) is 52.3 Å². The standard InChI is InChI=1S/C26H35N5O5/c1-19-17-24(34)29-23-7-6-20(18-22(19)23)28-26(35)21(5-3-8-30-11-15-36-16-12-30)25(27-2)31(10-14-33)9-4-13-32/h3,5-7,13,17-18,21,25,33H,2,4,8-12,14-16H2,1H3,(H,28,35)(H,29,34)/b5-3+. The fourth-order valence-electron chi connectivity index (χ4n) is 4.37. The highest BCUT2D eigenvalue weighted by molar-refractivity contribution is 5.96. The summed E-state index contributed by atoms with van der Waals surface area (Å²) in [5, 5.41) is 13.4. The third-order valence-electron chi connectivity index (χ3n) is 6.23. The van der Waals surface area contributed by atoms with Crippen LogP contribution < -0.4 is 10.9 Å². The fraction of sp³-hybridized carbons (Fsp3) is 0.462. The van der Waals surface area contributed by atoms with Gasteiger partial charge in [0.05, 0.1) is 25.7 Å². The Morgan fingerprint density at radius 3 is 2.81 bits per heavy atom.